The molecular weight excluding hydrogens is 470 g/mol. The van der Waals surface area contributed by atoms with Crippen LogP contribution in [0.15, 0.2) is 58.5 Å². The van der Waals surface area contributed by atoms with E-state index in [1.54, 1.807) is 0 Å². The van der Waals surface area contributed by atoms with Crippen molar-refractivity contribution in [2.45, 2.75) is 23.4 Å². The zero-order valence-corrected chi connectivity index (χ0v) is 18.7. The molecule has 1 N–H and O–H groups in total. The summed E-state index contributed by atoms with van der Waals surface area (Å²) >= 11 is 5.82. The van der Waals surface area contributed by atoms with Crippen molar-refractivity contribution in [3.05, 3.63) is 76.4 Å². The molecule has 0 radical (unpaired) electrons. The predicted octanol–water partition coefficient (Wildman–Crippen LogP) is 3.87. The summed E-state index contributed by atoms with van der Waals surface area (Å²) in [5.74, 6) is -1.54. The molecule has 0 unspecified atom stereocenters. The number of pyridine rings is 1. The van der Waals surface area contributed by atoms with Crippen molar-refractivity contribution in [3.63, 3.8) is 0 Å². The van der Waals surface area contributed by atoms with Crippen LogP contribution >= 0.6 is 11.6 Å². The molecule has 3 rings (SSSR count). The van der Waals surface area contributed by atoms with Gasteiger partial charge in [0.05, 0.1) is 11.2 Å². The third kappa shape index (κ3) is 5.27. The van der Waals surface area contributed by atoms with E-state index in [4.69, 9.17) is 11.6 Å². The van der Waals surface area contributed by atoms with E-state index in [0.717, 1.165) is 30.5 Å². The largest absolute Gasteiger partial charge is 0.241 e. The van der Waals surface area contributed by atoms with E-state index in [1.807, 2.05) is 0 Å². The van der Waals surface area contributed by atoms with Gasteiger partial charge in [-0.25, -0.2) is 35.3 Å². The van der Waals surface area contributed by atoms with Crippen LogP contribution in [0.3, 0.4) is 0 Å². The maximum atomic E-state index is 14.5. The number of sulfone groups is 1. The minimum atomic E-state index is -4.12. The fourth-order valence-electron chi connectivity index (χ4n) is 2.91. The third-order valence-electron chi connectivity index (χ3n) is 4.44. The van der Waals surface area contributed by atoms with Crippen LogP contribution in [0.25, 0.3) is 11.1 Å². The number of sulfonamides is 1. The van der Waals surface area contributed by atoms with E-state index in [2.05, 4.69) is 9.71 Å². The Morgan fingerprint density at radius 2 is 1.61 bits per heavy atom. The van der Waals surface area contributed by atoms with Crippen LogP contribution in [-0.2, 0) is 26.4 Å². The quantitative estimate of drug-likeness (QED) is 0.571. The van der Waals surface area contributed by atoms with Gasteiger partial charge in [-0.2, -0.15) is 0 Å². The van der Waals surface area contributed by atoms with E-state index in [0.29, 0.717) is 5.02 Å². The fourth-order valence-corrected chi connectivity index (χ4v) is 4.71. The highest BCUT2D eigenvalue weighted by Crippen LogP contribution is 2.32. The Kier molecular flexibility index (Phi) is 6.47. The number of benzene rings is 2. The summed E-state index contributed by atoms with van der Waals surface area (Å²) in [4.78, 5) is 4.02. The maximum absolute atomic E-state index is 14.5. The molecular formula is C20H17ClF2N2O4S2. The molecule has 11 heteroatoms. The number of halogens is 3. The van der Waals surface area contributed by atoms with Crippen LogP contribution in [0, 0.1) is 18.6 Å². The van der Waals surface area contributed by atoms with Gasteiger partial charge in [0.1, 0.15) is 11.6 Å². The normalized spacial score (nSPS) is 12.2. The Labute approximate surface area is 183 Å². The molecule has 0 spiro atoms. The van der Waals surface area contributed by atoms with Crippen LogP contribution in [-0.4, -0.2) is 28.1 Å². The van der Waals surface area contributed by atoms with Gasteiger partial charge < -0.3 is 0 Å². The molecule has 164 valence electrons. The average molecular weight is 487 g/mol. The number of aromatic nitrogens is 1. The van der Waals surface area contributed by atoms with Crippen LogP contribution in [0.4, 0.5) is 8.78 Å². The number of aryl methyl sites for hydroxylation is 1. The molecule has 0 aliphatic carbocycles. The molecule has 1 aromatic heterocycles. The molecule has 6 nitrogen and oxygen atoms in total. The van der Waals surface area contributed by atoms with E-state index in [1.165, 1.54) is 31.2 Å². The summed E-state index contributed by atoms with van der Waals surface area (Å²) in [5, 5.41) is -0.0538. The van der Waals surface area contributed by atoms with Gasteiger partial charge in [0, 0.05) is 22.8 Å². The standard InChI is InChI=1S/C20H17ClF2N2O4S2/c1-12-18(11-24-30(2,26)27)16(17-9-14(22)5-8-19(17)23)10-20(25-12)31(28,29)15-6-3-13(21)4-7-15/h3-10,24H,11H2,1-2H3. The van der Waals surface area contributed by atoms with E-state index in [9.17, 15) is 25.6 Å². The molecule has 0 saturated carbocycles. The van der Waals surface area contributed by atoms with Crippen molar-refractivity contribution >= 4 is 31.5 Å². The minimum absolute atomic E-state index is 0.00758. The van der Waals surface area contributed by atoms with Crippen molar-refractivity contribution in [1.29, 1.82) is 0 Å². The van der Waals surface area contributed by atoms with Gasteiger partial charge in [0.15, 0.2) is 5.03 Å². The van der Waals surface area contributed by atoms with Crippen LogP contribution in [0.5, 0.6) is 0 Å². The van der Waals surface area contributed by atoms with Gasteiger partial charge in [0.25, 0.3) is 0 Å². The molecule has 0 amide bonds. The third-order valence-corrected chi connectivity index (χ3v) is 7.01. The zero-order chi connectivity index (χ0) is 23.0. The lowest BCUT2D eigenvalue weighted by molar-refractivity contribution is 0.585. The topological polar surface area (TPSA) is 93.2 Å². The molecule has 0 bridgehead atoms. The number of nitrogens with zero attached hydrogens (tertiary/aromatic N) is 1. The summed E-state index contributed by atoms with van der Waals surface area (Å²) in [6, 6.07) is 9.25. The van der Waals surface area contributed by atoms with Gasteiger partial charge in [-0.1, -0.05) is 11.6 Å². The molecule has 2 aromatic carbocycles. The Hall–Kier alpha value is -2.40. The van der Waals surface area contributed by atoms with Gasteiger partial charge in [-0.15, -0.1) is 0 Å². The number of hydrogen-bond acceptors (Lipinski definition) is 5. The summed E-state index contributed by atoms with van der Waals surface area (Å²) in [7, 11) is -7.73. The molecule has 0 aliphatic heterocycles. The first kappa shape index (κ1) is 23.3. The summed E-state index contributed by atoms with van der Waals surface area (Å²) in [5.41, 5.74) is 0.145. The first-order chi connectivity index (χ1) is 14.4. The summed E-state index contributed by atoms with van der Waals surface area (Å²) in [6.45, 7) is 1.17. The van der Waals surface area contributed by atoms with Crippen LogP contribution in [0.2, 0.25) is 5.02 Å². The molecule has 0 saturated heterocycles. The fraction of sp³-hybridized carbons (Fsp3) is 0.150. The molecule has 3 aromatic rings. The SMILES string of the molecule is Cc1nc(S(=O)(=O)c2ccc(Cl)cc2)cc(-c2cc(F)ccc2F)c1CNS(C)(=O)=O. The second kappa shape index (κ2) is 8.62. The molecule has 31 heavy (non-hydrogen) atoms. The van der Waals surface area contributed by atoms with Gasteiger partial charge in [0.2, 0.25) is 19.9 Å². The summed E-state index contributed by atoms with van der Waals surface area (Å²) < 4.78 is 79.9. The molecule has 0 fully saturated rings. The second-order valence-electron chi connectivity index (χ2n) is 6.75. The van der Waals surface area contributed by atoms with Gasteiger partial charge >= 0.3 is 0 Å². The van der Waals surface area contributed by atoms with E-state index >= 15 is 0 Å². The highest BCUT2D eigenvalue weighted by Gasteiger charge is 2.24. The van der Waals surface area contributed by atoms with Crippen molar-refractivity contribution in [1.82, 2.24) is 9.71 Å². The maximum Gasteiger partial charge on any atom is 0.223 e. The minimum Gasteiger partial charge on any atom is -0.241 e. The first-order valence-electron chi connectivity index (χ1n) is 8.80. The highest BCUT2D eigenvalue weighted by atomic mass is 35.5. The molecule has 0 aliphatic rings. The predicted molar refractivity (Wildman–Crippen MR) is 113 cm³/mol. The Bertz CT molecular complexity index is 1360. The van der Waals surface area contributed by atoms with Crippen molar-refractivity contribution in [2.24, 2.45) is 0 Å². The van der Waals surface area contributed by atoms with Crippen LogP contribution < -0.4 is 4.72 Å². The van der Waals surface area contributed by atoms with Gasteiger partial charge in [-0.3, -0.25) is 0 Å². The van der Waals surface area contributed by atoms with E-state index < -0.39 is 36.5 Å². The highest BCUT2D eigenvalue weighted by molar-refractivity contribution is 7.91. The smallest absolute Gasteiger partial charge is 0.223 e. The van der Waals surface area contributed by atoms with Gasteiger partial charge in [-0.05, 0) is 66.6 Å². The lowest BCUT2D eigenvalue weighted by Gasteiger charge is -2.16. The monoisotopic (exact) mass is 486 g/mol. The lowest BCUT2D eigenvalue weighted by Crippen LogP contribution is -2.23. The number of hydrogen-bond donors (Lipinski definition) is 1. The Balaban J connectivity index is 2.26. The Morgan fingerprint density at radius 3 is 2.23 bits per heavy atom. The Morgan fingerprint density at radius 1 is 0.968 bits per heavy atom. The molecule has 0 atom stereocenters. The summed E-state index contributed by atoms with van der Waals surface area (Å²) in [6.07, 6.45) is 0.942. The van der Waals surface area contributed by atoms with Crippen molar-refractivity contribution in [2.75, 3.05) is 6.26 Å². The number of nitrogens with one attached hydrogen (secondary N) is 1. The van der Waals surface area contributed by atoms with E-state index in [-0.39, 0.29) is 33.8 Å². The van der Waals surface area contributed by atoms with Crippen LogP contribution in [0.1, 0.15) is 11.3 Å². The average Bonchev–Trinajstić information content (AvgIpc) is 2.68. The van der Waals surface area contributed by atoms with Crippen molar-refractivity contribution < 1.29 is 25.6 Å². The molecule has 1 heterocycles. The second-order valence-corrected chi connectivity index (χ2v) is 10.9. The zero-order valence-electron chi connectivity index (χ0n) is 16.4. The lowest BCUT2D eigenvalue weighted by atomic mass is 9.99. The first-order valence-corrected chi connectivity index (χ1v) is 12.5. The number of rotatable bonds is 6. The van der Waals surface area contributed by atoms with Crippen molar-refractivity contribution in [3.8, 4) is 11.1 Å².